The van der Waals surface area contributed by atoms with Crippen LogP contribution in [0.2, 0.25) is 0 Å². The second-order valence-corrected chi connectivity index (χ2v) is 8.13. The van der Waals surface area contributed by atoms with Crippen LogP contribution in [0, 0.1) is 21.4 Å². The highest BCUT2D eigenvalue weighted by atomic mass is 16.6. The number of aromatic hydroxyl groups is 1. The Morgan fingerprint density at radius 3 is 2.34 bits per heavy atom. The number of nitriles is 1. The molecule has 6 rings (SSSR count). The molecule has 0 spiro atoms. The van der Waals surface area contributed by atoms with Crippen molar-refractivity contribution in [3.63, 3.8) is 0 Å². The molecule has 0 radical (unpaired) electrons. The van der Waals surface area contributed by atoms with Gasteiger partial charge in [-0.2, -0.15) is 5.26 Å². The lowest BCUT2D eigenvalue weighted by Gasteiger charge is -2.28. The minimum Gasteiger partial charge on any atom is -0.502 e. The van der Waals surface area contributed by atoms with E-state index in [1.807, 2.05) is 48.5 Å². The summed E-state index contributed by atoms with van der Waals surface area (Å²) < 4.78 is 6.01. The summed E-state index contributed by atoms with van der Waals surface area (Å²) in [5, 5.41) is 33.1. The molecule has 0 amide bonds. The van der Waals surface area contributed by atoms with Gasteiger partial charge < -0.3 is 15.6 Å². The van der Waals surface area contributed by atoms with Crippen molar-refractivity contribution in [2.45, 2.75) is 5.92 Å². The second-order valence-electron chi connectivity index (χ2n) is 8.13. The van der Waals surface area contributed by atoms with Crippen molar-refractivity contribution in [3.8, 4) is 17.6 Å². The van der Waals surface area contributed by atoms with Crippen molar-refractivity contribution in [1.82, 2.24) is 9.97 Å². The van der Waals surface area contributed by atoms with Gasteiger partial charge in [-0.3, -0.25) is 10.1 Å². The standard InChI is InChI=1S/C26H15N5O4/c27-12-16-21(13-9-10-20(32)19(11-13)31(33)34)22-24-23(29-17-7-3-4-8-18(17)30-24)14-5-1-2-6-15(14)25(22)35-26(16)28/h1-11,21,32H,28H2. The molecular weight excluding hydrogens is 446 g/mol. The van der Waals surface area contributed by atoms with Crippen LogP contribution in [-0.4, -0.2) is 20.0 Å². The fourth-order valence-corrected chi connectivity index (χ4v) is 4.66. The molecule has 4 aromatic carbocycles. The number of nitro groups is 1. The number of para-hydroxylation sites is 2. The molecular formula is C26H15N5O4. The minimum absolute atomic E-state index is 0.0871. The third-order valence-electron chi connectivity index (χ3n) is 6.20. The first-order valence-electron chi connectivity index (χ1n) is 10.6. The maximum absolute atomic E-state index is 11.5. The molecule has 1 aliphatic heterocycles. The first-order valence-corrected chi connectivity index (χ1v) is 10.6. The van der Waals surface area contributed by atoms with Crippen LogP contribution in [0.25, 0.3) is 32.8 Å². The number of nitro benzene ring substituents is 1. The summed E-state index contributed by atoms with van der Waals surface area (Å²) in [5.41, 5.74) is 9.19. The molecule has 1 aliphatic rings. The number of allylic oxidation sites excluding steroid dienone is 1. The van der Waals surface area contributed by atoms with E-state index in [9.17, 15) is 20.5 Å². The van der Waals surface area contributed by atoms with Crippen molar-refractivity contribution in [2.24, 2.45) is 5.73 Å². The number of nitrogens with two attached hydrogens (primary N) is 1. The van der Waals surface area contributed by atoms with Crippen LogP contribution in [0.4, 0.5) is 5.69 Å². The van der Waals surface area contributed by atoms with Gasteiger partial charge in [0.2, 0.25) is 5.88 Å². The number of ether oxygens (including phenoxy) is 1. The minimum atomic E-state index is -0.828. The number of aromatic nitrogens is 2. The third kappa shape index (κ3) is 2.94. The molecule has 0 fully saturated rings. The van der Waals surface area contributed by atoms with Crippen molar-refractivity contribution in [3.05, 3.63) is 99.4 Å². The summed E-state index contributed by atoms with van der Waals surface area (Å²) >= 11 is 0. The summed E-state index contributed by atoms with van der Waals surface area (Å²) in [6.45, 7) is 0. The quantitative estimate of drug-likeness (QED) is 0.165. The fourth-order valence-electron chi connectivity index (χ4n) is 4.66. The van der Waals surface area contributed by atoms with E-state index in [1.165, 1.54) is 18.2 Å². The average molecular weight is 461 g/mol. The zero-order valence-electron chi connectivity index (χ0n) is 18.0. The van der Waals surface area contributed by atoms with E-state index in [0.29, 0.717) is 38.9 Å². The van der Waals surface area contributed by atoms with Crippen LogP contribution in [0.3, 0.4) is 0 Å². The average Bonchev–Trinajstić information content (AvgIpc) is 2.87. The molecule has 0 saturated heterocycles. The maximum Gasteiger partial charge on any atom is 0.311 e. The molecule has 5 aromatic rings. The smallest absolute Gasteiger partial charge is 0.311 e. The normalized spacial score (nSPS) is 15.1. The van der Waals surface area contributed by atoms with Gasteiger partial charge in [-0.05, 0) is 23.8 Å². The molecule has 1 aromatic heterocycles. The van der Waals surface area contributed by atoms with Crippen LogP contribution in [0.1, 0.15) is 17.0 Å². The number of rotatable bonds is 2. The van der Waals surface area contributed by atoms with E-state index >= 15 is 0 Å². The number of phenolic OH excluding ortho intramolecular Hbond substituents is 1. The Morgan fingerprint density at radius 2 is 1.66 bits per heavy atom. The number of nitrogens with zero attached hydrogens (tertiary/aromatic N) is 4. The lowest BCUT2D eigenvalue weighted by molar-refractivity contribution is -0.385. The molecule has 0 saturated carbocycles. The number of benzene rings is 4. The monoisotopic (exact) mass is 461 g/mol. The Labute approximate surface area is 197 Å². The van der Waals surface area contributed by atoms with Gasteiger partial charge in [-0.15, -0.1) is 0 Å². The number of fused-ring (bicyclic) bond motifs is 7. The summed E-state index contributed by atoms with van der Waals surface area (Å²) in [6, 6.07) is 21.1. The van der Waals surface area contributed by atoms with Crippen LogP contribution >= 0.6 is 0 Å². The van der Waals surface area contributed by atoms with E-state index in [1.54, 1.807) is 0 Å². The summed E-state index contributed by atoms with van der Waals surface area (Å²) in [6.07, 6.45) is 0. The number of hydrogen-bond donors (Lipinski definition) is 2. The Hall–Kier alpha value is -5.23. The Kier molecular flexibility index (Phi) is 4.31. The van der Waals surface area contributed by atoms with E-state index in [0.717, 1.165) is 10.8 Å². The molecule has 3 N–H and O–H groups in total. The third-order valence-corrected chi connectivity index (χ3v) is 6.20. The van der Waals surface area contributed by atoms with E-state index < -0.39 is 22.3 Å². The largest absolute Gasteiger partial charge is 0.502 e. The lowest BCUT2D eigenvalue weighted by Crippen LogP contribution is -2.22. The Bertz CT molecular complexity index is 1810. The van der Waals surface area contributed by atoms with Gasteiger partial charge in [0.05, 0.1) is 32.9 Å². The topological polar surface area (TPSA) is 148 Å². The highest BCUT2D eigenvalue weighted by molar-refractivity contribution is 6.11. The van der Waals surface area contributed by atoms with E-state index in [-0.39, 0.29) is 11.5 Å². The zero-order valence-corrected chi connectivity index (χ0v) is 18.0. The van der Waals surface area contributed by atoms with Gasteiger partial charge in [0.15, 0.2) is 5.75 Å². The molecule has 168 valence electrons. The van der Waals surface area contributed by atoms with Crippen molar-refractivity contribution < 1.29 is 14.8 Å². The Morgan fingerprint density at radius 1 is 1.00 bits per heavy atom. The van der Waals surface area contributed by atoms with Gasteiger partial charge in [0, 0.05) is 22.4 Å². The molecule has 0 bridgehead atoms. The summed E-state index contributed by atoms with van der Waals surface area (Å²) in [4.78, 5) is 20.6. The molecule has 2 heterocycles. The predicted octanol–water partition coefficient (Wildman–Crippen LogP) is 4.77. The van der Waals surface area contributed by atoms with Crippen molar-refractivity contribution >= 4 is 38.5 Å². The Balaban J connectivity index is 1.80. The predicted molar refractivity (Wildman–Crippen MR) is 129 cm³/mol. The van der Waals surface area contributed by atoms with Gasteiger partial charge in [-0.1, -0.05) is 42.5 Å². The number of hydrogen-bond acceptors (Lipinski definition) is 8. The summed E-state index contributed by atoms with van der Waals surface area (Å²) in [5.74, 6) is -0.991. The molecule has 0 aliphatic carbocycles. The fraction of sp³-hybridized carbons (Fsp3) is 0.0385. The molecule has 9 nitrogen and oxygen atoms in total. The van der Waals surface area contributed by atoms with Gasteiger partial charge in [-0.25, -0.2) is 9.97 Å². The van der Waals surface area contributed by atoms with Crippen LogP contribution in [0.15, 0.2) is 78.2 Å². The zero-order chi connectivity index (χ0) is 24.3. The number of phenols is 1. The van der Waals surface area contributed by atoms with Gasteiger partial charge in [0.25, 0.3) is 0 Å². The first-order chi connectivity index (χ1) is 17.0. The van der Waals surface area contributed by atoms with Crippen LogP contribution < -0.4 is 10.5 Å². The van der Waals surface area contributed by atoms with Crippen molar-refractivity contribution in [2.75, 3.05) is 0 Å². The molecule has 1 unspecified atom stereocenters. The summed E-state index contributed by atoms with van der Waals surface area (Å²) in [7, 11) is 0. The second kappa shape index (κ2) is 7.40. The highest BCUT2D eigenvalue weighted by Crippen LogP contribution is 2.49. The highest BCUT2D eigenvalue weighted by Gasteiger charge is 2.36. The SMILES string of the molecule is N#CC1=C(N)Oc2c(c3nc4ccccc4nc3c3ccccc23)C1c1ccc(O)c([N+](=O)[O-])c1. The van der Waals surface area contributed by atoms with E-state index in [4.69, 9.17) is 20.4 Å². The first kappa shape index (κ1) is 20.4. The van der Waals surface area contributed by atoms with Gasteiger partial charge >= 0.3 is 5.69 Å². The van der Waals surface area contributed by atoms with E-state index in [2.05, 4.69) is 6.07 Å². The van der Waals surface area contributed by atoms with Gasteiger partial charge in [0.1, 0.15) is 17.4 Å². The molecule has 9 heteroatoms. The lowest BCUT2D eigenvalue weighted by atomic mass is 9.81. The van der Waals surface area contributed by atoms with Crippen LogP contribution in [0.5, 0.6) is 11.5 Å². The molecule has 35 heavy (non-hydrogen) atoms. The molecule has 1 atom stereocenters. The van der Waals surface area contributed by atoms with Crippen molar-refractivity contribution in [1.29, 1.82) is 5.26 Å². The van der Waals surface area contributed by atoms with Crippen LogP contribution in [-0.2, 0) is 0 Å². The maximum atomic E-state index is 11.5.